The lowest BCUT2D eigenvalue weighted by Crippen LogP contribution is -2.14. The summed E-state index contributed by atoms with van der Waals surface area (Å²) in [6.45, 7) is 1.62. The fraction of sp³-hybridized carbons (Fsp3) is 0.111. The highest BCUT2D eigenvalue weighted by molar-refractivity contribution is 7.93. The molecule has 0 radical (unpaired) electrons. The summed E-state index contributed by atoms with van der Waals surface area (Å²) in [4.78, 5) is 4.23. The number of hydrogen-bond acceptors (Lipinski definition) is 6. The van der Waals surface area contributed by atoms with Crippen LogP contribution >= 0.6 is 22.9 Å². The van der Waals surface area contributed by atoms with E-state index in [1.54, 1.807) is 48.7 Å². The van der Waals surface area contributed by atoms with Crippen LogP contribution in [0.15, 0.2) is 52.7 Å². The van der Waals surface area contributed by atoms with E-state index in [2.05, 4.69) is 9.71 Å². The maximum absolute atomic E-state index is 12.6. The second kappa shape index (κ2) is 7.66. The second-order valence-corrected chi connectivity index (χ2v) is 8.60. The van der Waals surface area contributed by atoms with Crippen LogP contribution in [0.3, 0.4) is 0 Å². The summed E-state index contributed by atoms with van der Waals surface area (Å²) in [6, 6.07) is 13.2. The minimum atomic E-state index is -3.87. The molecule has 9 heteroatoms. The molecule has 0 bridgehead atoms. The van der Waals surface area contributed by atoms with Gasteiger partial charge in [-0.15, -0.1) is 11.3 Å². The van der Waals surface area contributed by atoms with E-state index in [0.29, 0.717) is 21.7 Å². The third kappa shape index (κ3) is 4.12. The van der Waals surface area contributed by atoms with Gasteiger partial charge in [-0.2, -0.15) is 5.26 Å². The largest absolute Gasteiger partial charge is 0.382 e. The predicted molar refractivity (Wildman–Crippen MR) is 104 cm³/mol. The van der Waals surface area contributed by atoms with Gasteiger partial charge in [0.25, 0.3) is 10.0 Å². The Hall–Kier alpha value is -2.44. The summed E-state index contributed by atoms with van der Waals surface area (Å²) < 4.78 is 27.6. The average molecular weight is 420 g/mol. The molecule has 1 atom stereocenters. The van der Waals surface area contributed by atoms with Gasteiger partial charge in [0.1, 0.15) is 6.10 Å². The van der Waals surface area contributed by atoms with E-state index in [-0.39, 0.29) is 15.7 Å². The van der Waals surface area contributed by atoms with Crippen molar-refractivity contribution >= 4 is 38.1 Å². The van der Waals surface area contributed by atoms with Crippen LogP contribution in [-0.4, -0.2) is 18.5 Å². The summed E-state index contributed by atoms with van der Waals surface area (Å²) in [5.74, 6) is 0. The Bertz CT molecular complexity index is 1140. The molecule has 0 saturated carbocycles. The molecule has 1 heterocycles. The molecule has 3 rings (SSSR count). The van der Waals surface area contributed by atoms with Crippen molar-refractivity contribution in [2.24, 2.45) is 0 Å². The molecule has 138 valence electrons. The molecule has 0 spiro atoms. The van der Waals surface area contributed by atoms with Crippen LogP contribution in [0.4, 0.5) is 5.13 Å². The van der Waals surface area contributed by atoms with Crippen molar-refractivity contribution < 1.29 is 13.5 Å². The van der Waals surface area contributed by atoms with Gasteiger partial charge in [0, 0.05) is 10.4 Å². The molecular weight excluding hydrogens is 406 g/mol. The Morgan fingerprint density at radius 2 is 2.04 bits per heavy atom. The van der Waals surface area contributed by atoms with Gasteiger partial charge in [-0.05, 0) is 42.3 Å². The van der Waals surface area contributed by atoms with Crippen LogP contribution in [0.25, 0.3) is 0 Å². The maximum atomic E-state index is 12.6. The summed E-state index contributed by atoms with van der Waals surface area (Å²) in [5, 5.41) is 21.5. The van der Waals surface area contributed by atoms with Crippen LogP contribution in [0, 0.1) is 18.3 Å². The predicted octanol–water partition coefficient (Wildman–Crippen LogP) is 3.86. The van der Waals surface area contributed by atoms with Crippen LogP contribution in [-0.2, 0) is 10.0 Å². The summed E-state index contributed by atoms with van der Waals surface area (Å²) in [6.07, 6.45) is -1.07. The first kappa shape index (κ1) is 19.3. The summed E-state index contributed by atoms with van der Waals surface area (Å²) in [7, 11) is -3.87. The first-order valence-electron chi connectivity index (χ1n) is 7.73. The minimum Gasteiger partial charge on any atom is -0.382 e. The van der Waals surface area contributed by atoms with Crippen LogP contribution in [0.2, 0.25) is 5.02 Å². The number of aliphatic hydroxyl groups excluding tert-OH is 1. The number of anilines is 1. The zero-order valence-corrected chi connectivity index (χ0v) is 16.4. The first-order chi connectivity index (χ1) is 12.8. The molecule has 3 aromatic rings. The number of nitrogens with zero attached hydrogens (tertiary/aromatic N) is 2. The Morgan fingerprint density at radius 3 is 2.78 bits per heavy atom. The number of rotatable bonds is 5. The monoisotopic (exact) mass is 419 g/mol. The van der Waals surface area contributed by atoms with E-state index in [4.69, 9.17) is 16.9 Å². The van der Waals surface area contributed by atoms with Crippen molar-refractivity contribution in [2.45, 2.75) is 17.9 Å². The average Bonchev–Trinajstić information content (AvgIpc) is 3.11. The highest BCUT2D eigenvalue weighted by atomic mass is 35.5. The maximum Gasteiger partial charge on any atom is 0.263 e. The number of hydrogen-bond donors (Lipinski definition) is 2. The molecule has 1 unspecified atom stereocenters. The lowest BCUT2D eigenvalue weighted by Gasteiger charge is -2.10. The van der Waals surface area contributed by atoms with Gasteiger partial charge in [-0.25, -0.2) is 13.4 Å². The molecule has 0 saturated heterocycles. The SMILES string of the molecule is Cc1c(Cl)cccc1S(=O)(=O)Nc1nc(C(O)c2cccc(C#N)c2)cs1. The lowest BCUT2D eigenvalue weighted by molar-refractivity contribution is 0.216. The van der Waals surface area contributed by atoms with Gasteiger partial charge in [0.2, 0.25) is 0 Å². The minimum absolute atomic E-state index is 0.0639. The van der Waals surface area contributed by atoms with E-state index in [1.165, 1.54) is 6.07 Å². The van der Waals surface area contributed by atoms with Crippen molar-refractivity contribution in [3.05, 3.63) is 75.3 Å². The van der Waals surface area contributed by atoms with Crippen LogP contribution in [0.5, 0.6) is 0 Å². The molecule has 2 aromatic carbocycles. The van der Waals surface area contributed by atoms with E-state index in [0.717, 1.165) is 11.3 Å². The number of halogens is 1. The highest BCUT2D eigenvalue weighted by Crippen LogP contribution is 2.29. The first-order valence-corrected chi connectivity index (χ1v) is 10.5. The molecule has 6 nitrogen and oxygen atoms in total. The Balaban J connectivity index is 1.85. The zero-order valence-electron chi connectivity index (χ0n) is 14.0. The smallest absolute Gasteiger partial charge is 0.263 e. The summed E-state index contributed by atoms with van der Waals surface area (Å²) in [5.41, 5.74) is 1.64. The highest BCUT2D eigenvalue weighted by Gasteiger charge is 2.21. The second-order valence-electron chi connectivity index (χ2n) is 5.69. The molecule has 0 aliphatic heterocycles. The summed E-state index contributed by atoms with van der Waals surface area (Å²) >= 11 is 7.05. The number of nitriles is 1. The van der Waals surface area contributed by atoms with Crippen molar-refractivity contribution in [2.75, 3.05) is 4.72 Å². The molecule has 0 aliphatic carbocycles. The van der Waals surface area contributed by atoms with Crippen LogP contribution in [0.1, 0.15) is 28.5 Å². The number of benzene rings is 2. The number of aliphatic hydroxyl groups is 1. The number of sulfonamides is 1. The van der Waals surface area contributed by atoms with Crippen molar-refractivity contribution in [3.63, 3.8) is 0 Å². The van der Waals surface area contributed by atoms with Crippen LogP contribution < -0.4 is 4.72 Å². The van der Waals surface area contributed by atoms with Gasteiger partial charge < -0.3 is 5.11 Å². The molecule has 0 aliphatic rings. The lowest BCUT2D eigenvalue weighted by atomic mass is 10.1. The fourth-order valence-electron chi connectivity index (χ4n) is 2.46. The van der Waals surface area contributed by atoms with Gasteiger partial charge in [0.05, 0.1) is 22.2 Å². The van der Waals surface area contributed by atoms with E-state index in [1.807, 2.05) is 6.07 Å². The van der Waals surface area contributed by atoms with Crippen molar-refractivity contribution in [1.29, 1.82) is 5.26 Å². The quantitative estimate of drug-likeness (QED) is 0.653. The molecular formula is C18H14ClN3O3S2. The van der Waals surface area contributed by atoms with Gasteiger partial charge >= 0.3 is 0 Å². The third-order valence-electron chi connectivity index (χ3n) is 3.86. The van der Waals surface area contributed by atoms with Gasteiger partial charge in [0.15, 0.2) is 5.13 Å². The standard InChI is InChI=1S/C18H14ClN3O3S2/c1-11-14(19)6-3-7-16(11)27(24,25)22-18-21-15(10-26-18)17(23)13-5-2-4-12(8-13)9-20/h2-8,10,17,23H,1H3,(H,21,22). The van der Waals surface area contributed by atoms with E-state index in [9.17, 15) is 13.5 Å². The topological polar surface area (TPSA) is 103 Å². The van der Waals surface area contributed by atoms with E-state index < -0.39 is 16.1 Å². The molecule has 1 aromatic heterocycles. The fourth-order valence-corrected chi connectivity index (χ4v) is 4.94. The third-order valence-corrected chi connectivity index (χ3v) is 6.66. The van der Waals surface area contributed by atoms with Gasteiger partial charge in [-0.1, -0.05) is 29.8 Å². The van der Waals surface area contributed by atoms with Crippen molar-refractivity contribution in [1.82, 2.24) is 4.98 Å². The number of nitrogens with one attached hydrogen (secondary N) is 1. The number of thiazole rings is 1. The molecule has 0 amide bonds. The molecule has 0 fully saturated rings. The normalized spacial score (nSPS) is 12.4. The molecule has 2 N–H and O–H groups in total. The molecule has 27 heavy (non-hydrogen) atoms. The Morgan fingerprint density at radius 1 is 1.30 bits per heavy atom. The zero-order chi connectivity index (χ0) is 19.6. The van der Waals surface area contributed by atoms with Crippen molar-refractivity contribution in [3.8, 4) is 6.07 Å². The van der Waals surface area contributed by atoms with Gasteiger partial charge in [-0.3, -0.25) is 4.72 Å². The number of aromatic nitrogens is 1. The Kier molecular flexibility index (Phi) is 5.48. The van der Waals surface area contributed by atoms with E-state index >= 15 is 0 Å². The Labute approximate surface area is 165 Å².